The molecule has 0 saturated carbocycles. The molecule has 0 spiro atoms. The Morgan fingerprint density at radius 3 is 2.71 bits per heavy atom. The second-order valence-corrected chi connectivity index (χ2v) is 5.68. The molecule has 2 aromatic rings. The highest BCUT2D eigenvalue weighted by Gasteiger charge is 2.38. The maximum absolute atomic E-state index is 12.8. The Morgan fingerprint density at radius 2 is 2.00 bits per heavy atom. The van der Waals surface area contributed by atoms with Crippen LogP contribution in [0.5, 0.6) is 5.75 Å². The highest BCUT2D eigenvalue weighted by Crippen LogP contribution is 2.30. The van der Waals surface area contributed by atoms with Crippen molar-refractivity contribution in [3.63, 3.8) is 0 Å². The van der Waals surface area contributed by atoms with Gasteiger partial charge in [-0.2, -0.15) is 0 Å². The Hall–Kier alpha value is -2.47. The average Bonchev–Trinajstić information content (AvgIpc) is 2.64. The van der Waals surface area contributed by atoms with Crippen molar-refractivity contribution in [2.24, 2.45) is 0 Å². The number of nitrogens with one attached hydrogen (secondary N) is 1. The maximum Gasteiger partial charge on any atom is 0.252 e. The zero-order valence-electron chi connectivity index (χ0n) is 13.7. The topological polar surface area (TPSA) is 73.3 Å². The minimum atomic E-state index is -0.599. The van der Waals surface area contributed by atoms with Gasteiger partial charge >= 0.3 is 0 Å². The molecule has 24 heavy (non-hydrogen) atoms. The summed E-state index contributed by atoms with van der Waals surface area (Å²) in [6.07, 6.45) is 4.69. The molecule has 1 aromatic carbocycles. The van der Waals surface area contributed by atoms with Gasteiger partial charge < -0.3 is 14.8 Å². The van der Waals surface area contributed by atoms with Crippen LogP contribution >= 0.6 is 0 Å². The molecule has 1 aliphatic rings. The summed E-state index contributed by atoms with van der Waals surface area (Å²) >= 11 is 0. The van der Waals surface area contributed by atoms with E-state index >= 15 is 0 Å². The number of ether oxygens (including phenoxy) is 2. The molecule has 6 nitrogen and oxygen atoms in total. The predicted octanol–water partition coefficient (Wildman–Crippen LogP) is 2.31. The van der Waals surface area contributed by atoms with Crippen LogP contribution < -0.4 is 10.1 Å². The first-order chi connectivity index (χ1) is 11.7. The van der Waals surface area contributed by atoms with Gasteiger partial charge in [-0.1, -0.05) is 6.07 Å². The molecule has 0 unspecified atom stereocenters. The quantitative estimate of drug-likeness (QED) is 0.912. The number of carbonyl (C=O) groups excluding carboxylic acids is 1. The zero-order chi connectivity index (χ0) is 16.8. The minimum absolute atomic E-state index is 0.161. The van der Waals surface area contributed by atoms with Crippen LogP contribution in [-0.2, 0) is 10.3 Å². The Morgan fingerprint density at radius 1 is 1.25 bits per heavy atom. The van der Waals surface area contributed by atoms with E-state index in [0.717, 1.165) is 0 Å². The van der Waals surface area contributed by atoms with Crippen molar-refractivity contribution in [3.8, 4) is 5.75 Å². The van der Waals surface area contributed by atoms with Gasteiger partial charge in [0, 0.05) is 44.0 Å². The van der Waals surface area contributed by atoms with Crippen molar-refractivity contribution >= 4 is 5.91 Å². The summed E-state index contributed by atoms with van der Waals surface area (Å²) in [7, 11) is 0. The number of carbonyl (C=O) groups is 1. The van der Waals surface area contributed by atoms with Gasteiger partial charge in [0.15, 0.2) is 5.82 Å². The van der Waals surface area contributed by atoms with E-state index in [1.165, 1.54) is 0 Å². The Labute approximate surface area is 141 Å². The van der Waals surface area contributed by atoms with Crippen molar-refractivity contribution in [1.82, 2.24) is 15.3 Å². The van der Waals surface area contributed by atoms with Crippen LogP contribution in [0.3, 0.4) is 0 Å². The third kappa shape index (κ3) is 3.54. The number of benzene rings is 1. The molecule has 0 aliphatic carbocycles. The predicted molar refractivity (Wildman–Crippen MR) is 88.8 cm³/mol. The maximum atomic E-state index is 12.8. The lowest BCUT2D eigenvalue weighted by Gasteiger charge is -2.36. The van der Waals surface area contributed by atoms with Crippen LogP contribution in [0.15, 0.2) is 42.7 Å². The van der Waals surface area contributed by atoms with Gasteiger partial charge in [-0.05, 0) is 31.2 Å². The molecule has 0 bridgehead atoms. The summed E-state index contributed by atoms with van der Waals surface area (Å²) in [6.45, 7) is 3.61. The number of rotatable bonds is 5. The molecule has 2 heterocycles. The van der Waals surface area contributed by atoms with E-state index in [2.05, 4.69) is 15.3 Å². The molecule has 1 aromatic heterocycles. The minimum Gasteiger partial charge on any atom is -0.494 e. The highest BCUT2D eigenvalue weighted by molar-refractivity contribution is 5.95. The molecule has 1 amide bonds. The first-order valence-electron chi connectivity index (χ1n) is 8.14. The van der Waals surface area contributed by atoms with Crippen molar-refractivity contribution in [2.45, 2.75) is 25.3 Å². The van der Waals surface area contributed by atoms with Gasteiger partial charge in [-0.25, -0.2) is 9.97 Å². The Kier molecular flexibility index (Phi) is 5.05. The van der Waals surface area contributed by atoms with Gasteiger partial charge in [0.2, 0.25) is 0 Å². The Bertz CT molecular complexity index is 685. The van der Waals surface area contributed by atoms with E-state index in [-0.39, 0.29) is 5.91 Å². The third-order valence-electron chi connectivity index (χ3n) is 4.10. The summed E-state index contributed by atoms with van der Waals surface area (Å²) < 4.78 is 10.9. The molecular formula is C18H21N3O3. The SMILES string of the molecule is CCOc1cccc(C(=O)NC2(c3ncccn3)CCOCC2)c1. The number of hydrogen-bond donors (Lipinski definition) is 1. The molecule has 1 fully saturated rings. The molecule has 0 atom stereocenters. The Balaban J connectivity index is 1.85. The number of aromatic nitrogens is 2. The molecule has 3 rings (SSSR count). The van der Waals surface area contributed by atoms with Gasteiger partial charge in [-0.3, -0.25) is 4.79 Å². The van der Waals surface area contributed by atoms with Crippen molar-refractivity contribution in [3.05, 3.63) is 54.1 Å². The highest BCUT2D eigenvalue weighted by atomic mass is 16.5. The molecule has 0 radical (unpaired) electrons. The van der Waals surface area contributed by atoms with E-state index in [4.69, 9.17) is 9.47 Å². The standard InChI is InChI=1S/C18H21N3O3/c1-2-24-15-6-3-5-14(13-15)16(22)21-18(7-11-23-12-8-18)17-19-9-4-10-20-17/h3-6,9-10,13H,2,7-8,11-12H2,1H3,(H,21,22). The van der Waals surface area contributed by atoms with E-state index in [1.807, 2.05) is 19.1 Å². The fraction of sp³-hybridized carbons (Fsp3) is 0.389. The van der Waals surface area contributed by atoms with E-state index in [1.54, 1.807) is 30.6 Å². The first-order valence-corrected chi connectivity index (χ1v) is 8.14. The summed E-state index contributed by atoms with van der Waals surface area (Å²) in [6, 6.07) is 8.94. The fourth-order valence-corrected chi connectivity index (χ4v) is 2.85. The van der Waals surface area contributed by atoms with Crippen molar-refractivity contribution in [1.29, 1.82) is 0 Å². The lowest BCUT2D eigenvalue weighted by molar-refractivity contribution is 0.0313. The van der Waals surface area contributed by atoms with Crippen LogP contribution in [0.1, 0.15) is 35.9 Å². The number of hydrogen-bond acceptors (Lipinski definition) is 5. The summed E-state index contributed by atoms with van der Waals surface area (Å²) in [5.74, 6) is 1.15. The van der Waals surface area contributed by atoms with Crippen molar-refractivity contribution < 1.29 is 14.3 Å². The summed E-state index contributed by atoms with van der Waals surface area (Å²) in [5, 5.41) is 3.13. The molecular weight excluding hydrogens is 306 g/mol. The lowest BCUT2D eigenvalue weighted by Crippen LogP contribution is -2.50. The van der Waals surface area contributed by atoms with Crippen LogP contribution in [-0.4, -0.2) is 35.7 Å². The molecule has 6 heteroatoms. The average molecular weight is 327 g/mol. The molecule has 1 aliphatic heterocycles. The van der Waals surface area contributed by atoms with Gasteiger partial charge in [0.05, 0.1) is 6.61 Å². The van der Waals surface area contributed by atoms with Crippen LogP contribution in [0.25, 0.3) is 0 Å². The lowest BCUT2D eigenvalue weighted by atomic mass is 9.88. The fourth-order valence-electron chi connectivity index (χ4n) is 2.85. The summed E-state index contributed by atoms with van der Waals surface area (Å²) in [4.78, 5) is 21.5. The van der Waals surface area contributed by atoms with Crippen LogP contribution in [0.2, 0.25) is 0 Å². The van der Waals surface area contributed by atoms with Gasteiger partial charge in [0.25, 0.3) is 5.91 Å². The monoisotopic (exact) mass is 327 g/mol. The van der Waals surface area contributed by atoms with Gasteiger partial charge in [0.1, 0.15) is 11.3 Å². The summed E-state index contributed by atoms with van der Waals surface area (Å²) in [5.41, 5.74) is -0.0409. The van der Waals surface area contributed by atoms with Crippen molar-refractivity contribution in [2.75, 3.05) is 19.8 Å². The number of nitrogens with zero attached hydrogens (tertiary/aromatic N) is 2. The van der Waals surface area contributed by atoms with Crippen LogP contribution in [0, 0.1) is 0 Å². The van der Waals surface area contributed by atoms with E-state index < -0.39 is 5.54 Å². The van der Waals surface area contributed by atoms with E-state index in [9.17, 15) is 4.79 Å². The third-order valence-corrected chi connectivity index (χ3v) is 4.10. The first kappa shape index (κ1) is 16.4. The van der Waals surface area contributed by atoms with E-state index in [0.29, 0.717) is 49.8 Å². The number of amides is 1. The van der Waals surface area contributed by atoms with Crippen LogP contribution in [0.4, 0.5) is 0 Å². The second kappa shape index (κ2) is 7.40. The zero-order valence-corrected chi connectivity index (χ0v) is 13.7. The molecule has 1 saturated heterocycles. The normalized spacial score (nSPS) is 16.4. The largest absolute Gasteiger partial charge is 0.494 e. The second-order valence-electron chi connectivity index (χ2n) is 5.68. The molecule has 126 valence electrons. The smallest absolute Gasteiger partial charge is 0.252 e. The van der Waals surface area contributed by atoms with Gasteiger partial charge in [-0.15, -0.1) is 0 Å². The molecule has 1 N–H and O–H groups in total.